The fraction of sp³-hybridized carbons (Fsp3) is 0.367. The lowest BCUT2D eigenvalue weighted by Crippen LogP contribution is -2.19. The molecule has 3 aromatic rings. The lowest BCUT2D eigenvalue weighted by atomic mass is 10.0. The molecule has 0 unspecified atom stereocenters. The van der Waals surface area contributed by atoms with Crippen molar-refractivity contribution in [2.24, 2.45) is 0 Å². The fourth-order valence-electron chi connectivity index (χ4n) is 4.36. The summed E-state index contributed by atoms with van der Waals surface area (Å²) in [5, 5.41) is 2.81. The van der Waals surface area contributed by atoms with E-state index in [1.54, 1.807) is 0 Å². The van der Waals surface area contributed by atoms with Gasteiger partial charge in [0.25, 0.3) is 0 Å². The van der Waals surface area contributed by atoms with Crippen LogP contribution in [0.3, 0.4) is 0 Å². The van der Waals surface area contributed by atoms with E-state index in [0.29, 0.717) is 11.7 Å². The SMILES string of the molecule is CC(C)c1ccc(NC(=O)Oc2ccc3c(c2)CCN3Cc2ccc(OCCCN(C)C)cc2)cc1. The standard InChI is InChI=1S/C30H37N3O3/c1-22(2)24-8-10-26(11-9-24)31-30(34)36-28-14-15-29-25(20-28)16-18-33(29)21-23-6-12-27(13-7-23)35-19-5-17-32(3)4/h6-15,20,22H,5,16-19,21H2,1-4H3,(H,31,34). The van der Waals surface area contributed by atoms with E-state index < -0.39 is 6.09 Å². The Kier molecular flexibility index (Phi) is 8.49. The molecule has 36 heavy (non-hydrogen) atoms. The summed E-state index contributed by atoms with van der Waals surface area (Å²) in [7, 11) is 4.15. The Hall–Kier alpha value is -3.51. The molecule has 6 heteroatoms. The molecule has 1 amide bonds. The van der Waals surface area contributed by atoms with Gasteiger partial charge in [0.15, 0.2) is 0 Å². The van der Waals surface area contributed by atoms with E-state index in [-0.39, 0.29) is 0 Å². The zero-order valence-electron chi connectivity index (χ0n) is 21.8. The third kappa shape index (κ3) is 7.01. The van der Waals surface area contributed by atoms with Gasteiger partial charge in [-0.3, -0.25) is 5.32 Å². The van der Waals surface area contributed by atoms with E-state index in [4.69, 9.17) is 9.47 Å². The number of ether oxygens (including phenoxy) is 2. The van der Waals surface area contributed by atoms with Crippen LogP contribution in [0.5, 0.6) is 11.5 Å². The van der Waals surface area contributed by atoms with E-state index >= 15 is 0 Å². The molecule has 0 aliphatic carbocycles. The zero-order chi connectivity index (χ0) is 25.5. The quantitative estimate of drug-likeness (QED) is 0.340. The van der Waals surface area contributed by atoms with Crippen molar-refractivity contribution in [2.75, 3.05) is 44.0 Å². The summed E-state index contributed by atoms with van der Waals surface area (Å²) >= 11 is 0. The summed E-state index contributed by atoms with van der Waals surface area (Å²) in [4.78, 5) is 16.9. The monoisotopic (exact) mass is 487 g/mol. The van der Waals surface area contributed by atoms with Crippen LogP contribution in [-0.4, -0.2) is 44.8 Å². The van der Waals surface area contributed by atoms with Gasteiger partial charge in [0.05, 0.1) is 6.61 Å². The predicted molar refractivity (Wildman–Crippen MR) is 146 cm³/mol. The third-order valence-corrected chi connectivity index (χ3v) is 6.39. The Labute approximate surface area is 214 Å². The normalized spacial score (nSPS) is 12.7. The van der Waals surface area contributed by atoms with Gasteiger partial charge in [0.1, 0.15) is 11.5 Å². The molecule has 0 saturated carbocycles. The van der Waals surface area contributed by atoms with E-state index in [1.807, 2.05) is 54.6 Å². The van der Waals surface area contributed by atoms with Gasteiger partial charge in [0, 0.05) is 31.0 Å². The minimum atomic E-state index is -0.480. The lowest BCUT2D eigenvalue weighted by Gasteiger charge is -2.20. The van der Waals surface area contributed by atoms with Crippen molar-refractivity contribution in [2.45, 2.75) is 39.2 Å². The van der Waals surface area contributed by atoms with Crippen molar-refractivity contribution in [1.29, 1.82) is 0 Å². The first-order chi connectivity index (χ1) is 17.4. The van der Waals surface area contributed by atoms with E-state index in [1.165, 1.54) is 22.4 Å². The maximum absolute atomic E-state index is 12.4. The van der Waals surface area contributed by atoms with Crippen LogP contribution in [0.4, 0.5) is 16.2 Å². The molecule has 0 atom stereocenters. The second-order valence-corrected chi connectivity index (χ2v) is 9.90. The number of carbonyl (C=O) groups is 1. The summed E-state index contributed by atoms with van der Waals surface area (Å²) in [6.45, 7) is 7.81. The fourth-order valence-corrected chi connectivity index (χ4v) is 4.36. The number of hydrogen-bond acceptors (Lipinski definition) is 5. The van der Waals surface area contributed by atoms with Gasteiger partial charge >= 0.3 is 6.09 Å². The Morgan fingerprint density at radius 2 is 1.72 bits per heavy atom. The van der Waals surface area contributed by atoms with Crippen molar-refractivity contribution in [3.05, 3.63) is 83.4 Å². The van der Waals surface area contributed by atoms with Crippen LogP contribution in [0.25, 0.3) is 0 Å². The van der Waals surface area contributed by atoms with Gasteiger partial charge in [-0.25, -0.2) is 4.79 Å². The molecule has 0 saturated heterocycles. The second-order valence-electron chi connectivity index (χ2n) is 9.90. The summed E-state index contributed by atoms with van der Waals surface area (Å²) < 4.78 is 11.4. The van der Waals surface area contributed by atoms with Crippen LogP contribution in [-0.2, 0) is 13.0 Å². The number of nitrogens with zero attached hydrogens (tertiary/aromatic N) is 2. The summed E-state index contributed by atoms with van der Waals surface area (Å²) in [5.41, 5.74) is 5.59. The van der Waals surface area contributed by atoms with Crippen molar-refractivity contribution >= 4 is 17.5 Å². The topological polar surface area (TPSA) is 54.0 Å². The predicted octanol–water partition coefficient (Wildman–Crippen LogP) is 6.31. The van der Waals surface area contributed by atoms with Crippen LogP contribution in [0.2, 0.25) is 0 Å². The molecule has 0 aromatic heterocycles. The molecule has 4 rings (SSSR count). The first-order valence-corrected chi connectivity index (χ1v) is 12.7. The largest absolute Gasteiger partial charge is 0.494 e. The van der Waals surface area contributed by atoms with E-state index in [2.05, 4.69) is 55.2 Å². The Morgan fingerprint density at radius 1 is 1.00 bits per heavy atom. The van der Waals surface area contributed by atoms with E-state index in [9.17, 15) is 4.79 Å². The van der Waals surface area contributed by atoms with Gasteiger partial charge in [-0.05, 0) is 92.0 Å². The Morgan fingerprint density at radius 3 is 2.42 bits per heavy atom. The second kappa shape index (κ2) is 12.0. The molecule has 0 radical (unpaired) electrons. The van der Waals surface area contributed by atoms with Crippen molar-refractivity contribution in [3.63, 3.8) is 0 Å². The molecule has 1 heterocycles. The van der Waals surface area contributed by atoms with Crippen LogP contribution >= 0.6 is 0 Å². The minimum absolute atomic E-state index is 0.452. The number of rotatable bonds is 10. The molecule has 190 valence electrons. The smallest absolute Gasteiger partial charge is 0.417 e. The number of amides is 1. The number of fused-ring (bicyclic) bond motifs is 1. The molecular weight excluding hydrogens is 450 g/mol. The first-order valence-electron chi connectivity index (χ1n) is 12.7. The third-order valence-electron chi connectivity index (χ3n) is 6.39. The Balaban J connectivity index is 1.29. The van der Waals surface area contributed by atoms with Gasteiger partial charge in [-0.15, -0.1) is 0 Å². The van der Waals surface area contributed by atoms with Gasteiger partial charge in [-0.1, -0.05) is 38.1 Å². The Bertz CT molecular complexity index is 1140. The van der Waals surface area contributed by atoms with Crippen molar-refractivity contribution in [3.8, 4) is 11.5 Å². The summed E-state index contributed by atoms with van der Waals surface area (Å²) in [6, 6.07) is 22.1. The van der Waals surface area contributed by atoms with Gasteiger partial charge < -0.3 is 19.3 Å². The van der Waals surface area contributed by atoms with E-state index in [0.717, 1.165) is 50.5 Å². The maximum Gasteiger partial charge on any atom is 0.417 e. The highest BCUT2D eigenvalue weighted by Crippen LogP contribution is 2.32. The lowest BCUT2D eigenvalue weighted by molar-refractivity contribution is 0.215. The highest BCUT2D eigenvalue weighted by Gasteiger charge is 2.20. The van der Waals surface area contributed by atoms with Crippen LogP contribution in [0, 0.1) is 0 Å². The molecule has 0 fully saturated rings. The van der Waals surface area contributed by atoms with Crippen molar-refractivity contribution in [1.82, 2.24) is 4.90 Å². The summed E-state index contributed by atoms with van der Waals surface area (Å²) in [6.07, 6.45) is 1.46. The van der Waals surface area contributed by atoms with Crippen LogP contribution in [0.1, 0.15) is 42.9 Å². The highest BCUT2D eigenvalue weighted by atomic mass is 16.6. The van der Waals surface area contributed by atoms with Gasteiger partial charge in [-0.2, -0.15) is 0 Å². The maximum atomic E-state index is 12.4. The highest BCUT2D eigenvalue weighted by molar-refractivity contribution is 5.86. The number of anilines is 2. The zero-order valence-corrected chi connectivity index (χ0v) is 21.8. The van der Waals surface area contributed by atoms with Crippen molar-refractivity contribution < 1.29 is 14.3 Å². The average molecular weight is 488 g/mol. The summed E-state index contributed by atoms with van der Waals surface area (Å²) in [5.74, 6) is 1.92. The number of benzene rings is 3. The molecule has 1 aliphatic heterocycles. The molecule has 1 N–H and O–H groups in total. The van der Waals surface area contributed by atoms with Crippen LogP contribution < -0.4 is 19.7 Å². The number of carbonyl (C=O) groups excluding carboxylic acids is 1. The molecule has 3 aromatic carbocycles. The molecular formula is C30H37N3O3. The molecule has 1 aliphatic rings. The number of hydrogen-bond donors (Lipinski definition) is 1. The molecule has 0 bridgehead atoms. The molecule has 0 spiro atoms. The van der Waals surface area contributed by atoms with Crippen LogP contribution in [0.15, 0.2) is 66.7 Å². The number of nitrogens with one attached hydrogen (secondary N) is 1. The minimum Gasteiger partial charge on any atom is -0.494 e. The molecule has 6 nitrogen and oxygen atoms in total. The van der Waals surface area contributed by atoms with Gasteiger partial charge in [0.2, 0.25) is 0 Å². The first kappa shape index (κ1) is 25.6. The average Bonchev–Trinajstić information content (AvgIpc) is 3.24.